The van der Waals surface area contributed by atoms with Crippen LogP contribution in [-0.4, -0.2) is 8.42 Å². The van der Waals surface area contributed by atoms with E-state index in [2.05, 4.69) is 13.2 Å². The zero-order valence-corrected chi connectivity index (χ0v) is 4.91. The predicted octanol–water partition coefficient (Wildman–Crippen LogP) is 0.985. The molecule has 0 radical (unpaired) electrons. The van der Waals surface area contributed by atoms with Crippen molar-refractivity contribution in [1.82, 2.24) is 0 Å². The minimum Gasteiger partial charge on any atom is -0.189 e. The molecule has 0 saturated heterocycles. The summed E-state index contributed by atoms with van der Waals surface area (Å²) in [6.45, 7) is 5.87. The molecule has 46 valence electrons. The maximum Gasteiger partial charge on any atom is 0.331 e. The monoisotopic (exact) mass is 136 g/mol. The van der Waals surface area contributed by atoms with Gasteiger partial charge in [0.15, 0.2) is 0 Å². The SMILES string of the molecule is C=CC(=C)S(=O)(=O)F. The van der Waals surface area contributed by atoms with Crippen LogP contribution in [0.25, 0.3) is 0 Å². The topological polar surface area (TPSA) is 34.1 Å². The molecule has 0 aromatic carbocycles. The molecular weight excluding hydrogens is 131 g/mol. The molecule has 0 unspecified atom stereocenters. The Hall–Kier alpha value is -0.640. The summed E-state index contributed by atoms with van der Waals surface area (Å²) in [5, 5.41) is 0. The second kappa shape index (κ2) is 2.09. The van der Waals surface area contributed by atoms with Crippen molar-refractivity contribution in [2.24, 2.45) is 0 Å². The van der Waals surface area contributed by atoms with E-state index in [0.717, 1.165) is 6.08 Å². The van der Waals surface area contributed by atoms with Crippen LogP contribution < -0.4 is 0 Å². The number of hydrogen-bond acceptors (Lipinski definition) is 2. The molecule has 0 aliphatic heterocycles. The Morgan fingerprint density at radius 3 is 2.00 bits per heavy atom. The van der Waals surface area contributed by atoms with E-state index in [-0.39, 0.29) is 0 Å². The fraction of sp³-hybridized carbons (Fsp3) is 0. The van der Waals surface area contributed by atoms with Gasteiger partial charge in [-0.1, -0.05) is 13.2 Å². The summed E-state index contributed by atoms with van der Waals surface area (Å²) in [5.74, 6) is 0. The fourth-order valence-electron chi connectivity index (χ4n) is 0.0995. The van der Waals surface area contributed by atoms with Gasteiger partial charge in [-0.2, -0.15) is 8.42 Å². The maximum atomic E-state index is 11.6. The minimum atomic E-state index is -4.57. The van der Waals surface area contributed by atoms with Crippen LogP contribution in [-0.2, 0) is 10.2 Å². The van der Waals surface area contributed by atoms with Crippen LogP contribution in [0.15, 0.2) is 24.1 Å². The average Bonchev–Trinajstić information content (AvgIpc) is 1.62. The summed E-state index contributed by atoms with van der Waals surface area (Å²) < 4.78 is 31.0. The normalized spacial score (nSPS) is 10.6. The van der Waals surface area contributed by atoms with Gasteiger partial charge in [0, 0.05) is 0 Å². The molecule has 0 heterocycles. The summed E-state index contributed by atoms with van der Waals surface area (Å²) in [7, 11) is -4.57. The molecule has 0 bridgehead atoms. The molecule has 0 saturated carbocycles. The molecule has 0 atom stereocenters. The van der Waals surface area contributed by atoms with E-state index < -0.39 is 15.1 Å². The Bertz CT molecular complexity index is 202. The van der Waals surface area contributed by atoms with Gasteiger partial charge >= 0.3 is 10.2 Å². The quantitative estimate of drug-likeness (QED) is 0.419. The first-order valence-electron chi connectivity index (χ1n) is 1.74. The Morgan fingerprint density at radius 1 is 1.62 bits per heavy atom. The van der Waals surface area contributed by atoms with Crippen LogP contribution in [0.2, 0.25) is 0 Å². The lowest BCUT2D eigenvalue weighted by atomic mass is 10.6. The van der Waals surface area contributed by atoms with Crippen molar-refractivity contribution in [2.75, 3.05) is 0 Å². The molecule has 4 heteroatoms. The van der Waals surface area contributed by atoms with Gasteiger partial charge in [-0.3, -0.25) is 0 Å². The Balaban J connectivity index is 4.53. The largest absolute Gasteiger partial charge is 0.331 e. The van der Waals surface area contributed by atoms with Crippen molar-refractivity contribution in [3.8, 4) is 0 Å². The first-order chi connectivity index (χ1) is 3.48. The van der Waals surface area contributed by atoms with E-state index in [9.17, 15) is 12.3 Å². The lowest BCUT2D eigenvalue weighted by Gasteiger charge is -1.85. The van der Waals surface area contributed by atoms with E-state index in [0.29, 0.717) is 0 Å². The van der Waals surface area contributed by atoms with Crippen LogP contribution >= 0.6 is 0 Å². The lowest BCUT2D eigenvalue weighted by molar-refractivity contribution is 0.561. The van der Waals surface area contributed by atoms with Gasteiger partial charge in [0.1, 0.15) is 0 Å². The van der Waals surface area contributed by atoms with Crippen molar-refractivity contribution in [3.63, 3.8) is 0 Å². The average molecular weight is 136 g/mol. The predicted molar refractivity (Wildman–Crippen MR) is 29.4 cm³/mol. The number of allylic oxidation sites excluding steroid dienone is 1. The standard InChI is InChI=1S/C4H5FO2S/c1-3-4(2)8(5,6)7/h3H,1-2H2. The molecule has 0 fully saturated rings. The van der Waals surface area contributed by atoms with E-state index in [4.69, 9.17) is 0 Å². The summed E-state index contributed by atoms with van der Waals surface area (Å²) >= 11 is 0. The van der Waals surface area contributed by atoms with Crippen molar-refractivity contribution in [3.05, 3.63) is 24.1 Å². The first-order valence-corrected chi connectivity index (χ1v) is 3.13. The first kappa shape index (κ1) is 7.36. The molecule has 0 N–H and O–H groups in total. The highest BCUT2D eigenvalue weighted by atomic mass is 32.3. The van der Waals surface area contributed by atoms with Gasteiger partial charge < -0.3 is 0 Å². The maximum absolute atomic E-state index is 11.6. The summed E-state index contributed by atoms with van der Waals surface area (Å²) in [4.78, 5) is -0.600. The molecule has 0 spiro atoms. The van der Waals surface area contributed by atoms with E-state index in [1.165, 1.54) is 0 Å². The van der Waals surface area contributed by atoms with E-state index >= 15 is 0 Å². The van der Waals surface area contributed by atoms with Gasteiger partial charge in [-0.15, -0.1) is 3.89 Å². The number of rotatable bonds is 2. The van der Waals surface area contributed by atoms with Crippen LogP contribution in [0.5, 0.6) is 0 Å². The van der Waals surface area contributed by atoms with Crippen LogP contribution in [0, 0.1) is 0 Å². The second-order valence-corrected chi connectivity index (χ2v) is 2.51. The molecule has 0 rings (SSSR count). The minimum absolute atomic E-state index is 0.600. The van der Waals surface area contributed by atoms with Crippen LogP contribution in [0.3, 0.4) is 0 Å². The third kappa shape index (κ3) is 1.88. The lowest BCUT2D eigenvalue weighted by Crippen LogP contribution is -1.89. The molecule has 0 amide bonds. The van der Waals surface area contributed by atoms with Crippen LogP contribution in [0.1, 0.15) is 0 Å². The van der Waals surface area contributed by atoms with E-state index in [1.54, 1.807) is 0 Å². The molecule has 0 aliphatic rings. The van der Waals surface area contributed by atoms with Crippen molar-refractivity contribution >= 4 is 10.2 Å². The summed E-state index contributed by atoms with van der Waals surface area (Å²) in [5.41, 5.74) is 0. The number of halogens is 1. The Morgan fingerprint density at radius 2 is 2.00 bits per heavy atom. The van der Waals surface area contributed by atoms with Crippen molar-refractivity contribution < 1.29 is 12.3 Å². The van der Waals surface area contributed by atoms with Crippen molar-refractivity contribution in [2.45, 2.75) is 0 Å². The molecular formula is C4H5FO2S. The third-order valence-corrected chi connectivity index (χ3v) is 1.33. The van der Waals surface area contributed by atoms with Gasteiger partial charge in [0.25, 0.3) is 0 Å². The highest BCUT2D eigenvalue weighted by molar-refractivity contribution is 7.90. The van der Waals surface area contributed by atoms with Gasteiger partial charge in [0.05, 0.1) is 4.91 Å². The van der Waals surface area contributed by atoms with Gasteiger partial charge in [-0.05, 0) is 6.08 Å². The highest BCUT2D eigenvalue weighted by Crippen LogP contribution is 2.04. The smallest absolute Gasteiger partial charge is 0.189 e. The fourth-order valence-corrected chi connectivity index (χ4v) is 0.299. The Labute approximate surface area is 47.5 Å². The second-order valence-electron chi connectivity index (χ2n) is 1.11. The van der Waals surface area contributed by atoms with Gasteiger partial charge in [-0.25, -0.2) is 0 Å². The molecule has 2 nitrogen and oxygen atoms in total. The zero-order chi connectivity index (χ0) is 6.78. The van der Waals surface area contributed by atoms with Gasteiger partial charge in [0.2, 0.25) is 0 Å². The third-order valence-electron chi connectivity index (χ3n) is 0.541. The Kier molecular flexibility index (Phi) is 1.92. The highest BCUT2D eigenvalue weighted by Gasteiger charge is 2.07. The summed E-state index contributed by atoms with van der Waals surface area (Å²) in [6, 6.07) is 0. The molecule has 0 aliphatic carbocycles. The van der Waals surface area contributed by atoms with E-state index in [1.807, 2.05) is 0 Å². The number of hydrogen-bond donors (Lipinski definition) is 0. The summed E-state index contributed by atoms with van der Waals surface area (Å²) in [6.07, 6.45) is 0.843. The van der Waals surface area contributed by atoms with Crippen LogP contribution in [0.4, 0.5) is 3.89 Å². The molecule has 0 aromatic heterocycles. The molecule has 8 heavy (non-hydrogen) atoms. The zero-order valence-electron chi connectivity index (χ0n) is 4.09. The van der Waals surface area contributed by atoms with Crippen molar-refractivity contribution in [1.29, 1.82) is 0 Å². The molecule has 0 aromatic rings.